The minimum absolute atomic E-state index is 0.229. The van der Waals surface area contributed by atoms with Crippen LogP contribution in [0, 0.1) is 18.8 Å². The van der Waals surface area contributed by atoms with E-state index in [1.165, 1.54) is 11.3 Å². The smallest absolute Gasteiger partial charge is 0.257 e. The Kier molecular flexibility index (Phi) is 4.23. The van der Waals surface area contributed by atoms with E-state index >= 15 is 0 Å². The van der Waals surface area contributed by atoms with Crippen LogP contribution in [0.3, 0.4) is 0 Å². The molecule has 0 radical (unpaired) electrons. The van der Waals surface area contributed by atoms with Gasteiger partial charge in [-0.05, 0) is 25.1 Å². The molecule has 0 fully saturated rings. The van der Waals surface area contributed by atoms with Gasteiger partial charge in [-0.1, -0.05) is 29.2 Å². The summed E-state index contributed by atoms with van der Waals surface area (Å²) < 4.78 is 0. The summed E-state index contributed by atoms with van der Waals surface area (Å²) in [6, 6.07) is 7.04. The largest absolute Gasteiger partial charge is 0.320 e. The lowest BCUT2D eigenvalue weighted by Crippen LogP contribution is -2.11. The summed E-state index contributed by atoms with van der Waals surface area (Å²) in [7, 11) is 0. The monoisotopic (exact) mass is 272 g/mol. The summed E-state index contributed by atoms with van der Waals surface area (Å²) in [5.41, 5.74) is 6.59. The van der Waals surface area contributed by atoms with Crippen molar-refractivity contribution in [3.05, 3.63) is 40.4 Å². The number of nitrogens with two attached hydrogens (primary N) is 1. The molecule has 1 aromatic carbocycles. The average molecular weight is 272 g/mol. The van der Waals surface area contributed by atoms with Crippen molar-refractivity contribution in [1.82, 2.24) is 10.2 Å². The Morgan fingerprint density at radius 1 is 1.47 bits per heavy atom. The zero-order valence-electron chi connectivity index (χ0n) is 10.3. The molecule has 96 valence electrons. The summed E-state index contributed by atoms with van der Waals surface area (Å²) in [5.74, 6) is 5.41. The second kappa shape index (κ2) is 6.09. The average Bonchev–Trinajstić information content (AvgIpc) is 2.82. The summed E-state index contributed by atoms with van der Waals surface area (Å²) >= 11 is 1.33. The van der Waals surface area contributed by atoms with Crippen molar-refractivity contribution in [2.24, 2.45) is 5.73 Å². The second-order valence-corrected chi connectivity index (χ2v) is 4.85. The van der Waals surface area contributed by atoms with E-state index in [-0.39, 0.29) is 5.91 Å². The number of amides is 1. The molecule has 19 heavy (non-hydrogen) atoms. The zero-order chi connectivity index (χ0) is 13.7. The third-order valence-electron chi connectivity index (χ3n) is 2.21. The van der Waals surface area contributed by atoms with E-state index in [0.717, 1.165) is 10.6 Å². The number of carbonyl (C=O) groups excluding carboxylic acids is 1. The molecule has 0 saturated heterocycles. The van der Waals surface area contributed by atoms with Gasteiger partial charge in [0.1, 0.15) is 5.01 Å². The number of aromatic nitrogens is 2. The number of aryl methyl sites for hydroxylation is 1. The maximum absolute atomic E-state index is 12.0. The minimum atomic E-state index is -0.229. The third-order valence-corrected chi connectivity index (χ3v) is 2.96. The van der Waals surface area contributed by atoms with Crippen LogP contribution in [0.1, 0.15) is 20.9 Å². The Morgan fingerprint density at radius 3 is 3.00 bits per heavy atom. The Bertz CT molecular complexity index is 654. The predicted octanol–water partition coefficient (Wildman–Crippen LogP) is 1.41. The molecule has 0 aliphatic heterocycles. The highest BCUT2D eigenvalue weighted by Crippen LogP contribution is 2.15. The van der Waals surface area contributed by atoms with Gasteiger partial charge >= 0.3 is 0 Å². The summed E-state index contributed by atoms with van der Waals surface area (Å²) in [6.07, 6.45) is 0. The van der Waals surface area contributed by atoms with Crippen molar-refractivity contribution in [2.75, 3.05) is 11.9 Å². The standard InChI is InChI=1S/C13H12N4OS/c1-9-16-17-13(19-9)15-12(18)11-6-2-4-10(8-11)5-3-7-14/h2,4,6,8H,7,14H2,1H3,(H,15,17,18). The molecule has 6 heteroatoms. The number of anilines is 1. The fourth-order valence-electron chi connectivity index (χ4n) is 1.41. The molecule has 5 nitrogen and oxygen atoms in total. The first-order valence-corrected chi connectivity index (χ1v) is 6.41. The molecule has 1 aromatic heterocycles. The SMILES string of the molecule is Cc1nnc(NC(=O)c2cccc(C#CCN)c2)s1. The van der Waals surface area contributed by atoms with E-state index in [1.807, 2.05) is 13.0 Å². The van der Waals surface area contributed by atoms with Gasteiger partial charge < -0.3 is 5.73 Å². The Labute approximate surface area is 114 Å². The molecule has 0 atom stereocenters. The van der Waals surface area contributed by atoms with Crippen molar-refractivity contribution in [3.63, 3.8) is 0 Å². The maximum atomic E-state index is 12.0. The first kappa shape index (κ1) is 13.2. The van der Waals surface area contributed by atoms with Crippen molar-refractivity contribution < 1.29 is 4.79 Å². The van der Waals surface area contributed by atoms with Crippen LogP contribution in [-0.4, -0.2) is 22.6 Å². The Morgan fingerprint density at radius 2 is 2.32 bits per heavy atom. The lowest BCUT2D eigenvalue weighted by atomic mass is 10.1. The molecule has 0 bridgehead atoms. The van der Waals surface area contributed by atoms with Crippen LogP contribution in [-0.2, 0) is 0 Å². The highest BCUT2D eigenvalue weighted by molar-refractivity contribution is 7.15. The van der Waals surface area contributed by atoms with Gasteiger partial charge in [0, 0.05) is 11.1 Å². The molecule has 0 unspecified atom stereocenters. The number of carbonyl (C=O) groups is 1. The van der Waals surface area contributed by atoms with Gasteiger partial charge in [0.15, 0.2) is 0 Å². The van der Waals surface area contributed by atoms with Crippen LogP contribution >= 0.6 is 11.3 Å². The zero-order valence-corrected chi connectivity index (χ0v) is 11.1. The molecule has 0 aliphatic rings. The van der Waals surface area contributed by atoms with E-state index in [9.17, 15) is 4.79 Å². The highest BCUT2D eigenvalue weighted by Gasteiger charge is 2.09. The number of hydrogen-bond donors (Lipinski definition) is 2. The normalized spacial score (nSPS) is 9.58. The van der Waals surface area contributed by atoms with Crippen LogP contribution < -0.4 is 11.1 Å². The number of rotatable bonds is 2. The molecular formula is C13H12N4OS. The number of benzene rings is 1. The van der Waals surface area contributed by atoms with Gasteiger partial charge in [-0.3, -0.25) is 10.1 Å². The second-order valence-electron chi connectivity index (χ2n) is 3.67. The number of hydrogen-bond acceptors (Lipinski definition) is 5. The van der Waals surface area contributed by atoms with E-state index < -0.39 is 0 Å². The number of nitrogens with zero attached hydrogens (tertiary/aromatic N) is 2. The van der Waals surface area contributed by atoms with Crippen LogP contribution in [0.25, 0.3) is 0 Å². The van der Waals surface area contributed by atoms with Gasteiger partial charge in [0.2, 0.25) is 5.13 Å². The van der Waals surface area contributed by atoms with Gasteiger partial charge in [-0.2, -0.15) is 0 Å². The Balaban J connectivity index is 2.15. The highest BCUT2D eigenvalue weighted by atomic mass is 32.1. The Hall–Kier alpha value is -2.23. The predicted molar refractivity (Wildman–Crippen MR) is 75.0 cm³/mol. The summed E-state index contributed by atoms with van der Waals surface area (Å²) in [4.78, 5) is 12.0. The quantitative estimate of drug-likeness (QED) is 0.810. The fraction of sp³-hybridized carbons (Fsp3) is 0.154. The molecule has 2 rings (SSSR count). The van der Waals surface area contributed by atoms with Crippen LogP contribution in [0.2, 0.25) is 0 Å². The molecule has 0 aliphatic carbocycles. The molecule has 0 saturated carbocycles. The molecule has 1 amide bonds. The van der Waals surface area contributed by atoms with Crippen molar-refractivity contribution in [3.8, 4) is 11.8 Å². The first-order valence-electron chi connectivity index (χ1n) is 5.59. The molecule has 0 spiro atoms. The molecule has 1 heterocycles. The van der Waals surface area contributed by atoms with Crippen molar-refractivity contribution in [1.29, 1.82) is 0 Å². The first-order chi connectivity index (χ1) is 9.19. The lowest BCUT2D eigenvalue weighted by molar-refractivity contribution is 0.102. The van der Waals surface area contributed by atoms with Gasteiger partial charge in [-0.25, -0.2) is 0 Å². The molecule has 3 N–H and O–H groups in total. The number of nitrogens with one attached hydrogen (secondary N) is 1. The van der Waals surface area contributed by atoms with E-state index in [2.05, 4.69) is 27.4 Å². The van der Waals surface area contributed by atoms with Gasteiger partial charge in [0.05, 0.1) is 6.54 Å². The molecular weight excluding hydrogens is 260 g/mol. The summed E-state index contributed by atoms with van der Waals surface area (Å²) in [6.45, 7) is 2.12. The summed E-state index contributed by atoms with van der Waals surface area (Å²) in [5, 5.41) is 11.7. The van der Waals surface area contributed by atoms with Crippen molar-refractivity contribution >= 4 is 22.4 Å². The topological polar surface area (TPSA) is 80.9 Å². The van der Waals surface area contributed by atoms with Gasteiger partial charge in [0.25, 0.3) is 5.91 Å². The van der Waals surface area contributed by atoms with Gasteiger partial charge in [-0.15, -0.1) is 10.2 Å². The minimum Gasteiger partial charge on any atom is -0.320 e. The maximum Gasteiger partial charge on any atom is 0.257 e. The molecule has 2 aromatic rings. The van der Waals surface area contributed by atoms with E-state index in [1.54, 1.807) is 18.2 Å². The van der Waals surface area contributed by atoms with Crippen LogP contribution in [0.15, 0.2) is 24.3 Å². The third kappa shape index (κ3) is 3.61. The van der Waals surface area contributed by atoms with E-state index in [4.69, 9.17) is 5.73 Å². The fourth-order valence-corrected chi connectivity index (χ4v) is 1.99. The van der Waals surface area contributed by atoms with Crippen molar-refractivity contribution in [2.45, 2.75) is 6.92 Å². The lowest BCUT2D eigenvalue weighted by Gasteiger charge is -2.01. The van der Waals surface area contributed by atoms with Crippen LogP contribution in [0.5, 0.6) is 0 Å². The van der Waals surface area contributed by atoms with Crippen LogP contribution in [0.4, 0.5) is 5.13 Å². The van der Waals surface area contributed by atoms with E-state index in [0.29, 0.717) is 17.2 Å².